The number of rotatable bonds is 2. The van der Waals surface area contributed by atoms with Crippen molar-refractivity contribution in [1.82, 2.24) is 15.2 Å². The molecule has 0 aliphatic heterocycles. The van der Waals surface area contributed by atoms with Crippen LogP contribution in [0.25, 0.3) is 11.3 Å². The van der Waals surface area contributed by atoms with Crippen molar-refractivity contribution in [2.45, 2.75) is 0 Å². The summed E-state index contributed by atoms with van der Waals surface area (Å²) in [6.07, 6.45) is 1.29. The fourth-order valence-corrected chi connectivity index (χ4v) is 1.49. The summed E-state index contributed by atoms with van der Waals surface area (Å²) < 4.78 is 13.6. The first-order valence-corrected chi connectivity index (χ1v) is 4.91. The molecule has 0 unspecified atom stereocenters. The minimum Gasteiger partial charge on any atom is -0.371 e. The van der Waals surface area contributed by atoms with E-state index in [1.54, 1.807) is 7.05 Å². The second-order valence-corrected chi connectivity index (χ2v) is 3.47. The van der Waals surface area contributed by atoms with E-state index in [-0.39, 0.29) is 5.56 Å². The Labute approximate surface area is 96.5 Å². The average molecular weight is 239 g/mol. The van der Waals surface area contributed by atoms with E-state index in [0.717, 1.165) is 0 Å². The highest BCUT2D eigenvalue weighted by atomic mass is 35.5. The molecular weight excluding hydrogens is 231 g/mol. The minimum absolute atomic E-state index is 0.275. The summed E-state index contributed by atoms with van der Waals surface area (Å²) in [6.45, 7) is 0. The number of hydrogen-bond donors (Lipinski definition) is 1. The van der Waals surface area contributed by atoms with Crippen LogP contribution in [0.2, 0.25) is 5.02 Å². The lowest BCUT2D eigenvalue weighted by Crippen LogP contribution is -2.00. The summed E-state index contributed by atoms with van der Waals surface area (Å²) >= 11 is 5.81. The number of nitrogens with one attached hydrogen (secondary N) is 1. The van der Waals surface area contributed by atoms with Gasteiger partial charge in [-0.25, -0.2) is 9.37 Å². The van der Waals surface area contributed by atoms with E-state index < -0.39 is 5.82 Å². The summed E-state index contributed by atoms with van der Waals surface area (Å²) in [4.78, 5) is 3.95. The predicted molar refractivity (Wildman–Crippen MR) is 59.8 cm³/mol. The Morgan fingerprint density at radius 3 is 2.94 bits per heavy atom. The van der Waals surface area contributed by atoms with Crippen molar-refractivity contribution in [2.24, 2.45) is 0 Å². The third kappa shape index (κ3) is 1.94. The van der Waals surface area contributed by atoms with Crippen LogP contribution in [0.5, 0.6) is 0 Å². The van der Waals surface area contributed by atoms with E-state index in [9.17, 15) is 4.39 Å². The maximum atomic E-state index is 13.6. The van der Waals surface area contributed by atoms with Gasteiger partial charge in [-0.15, -0.1) is 10.2 Å². The molecule has 0 spiro atoms. The fraction of sp³-hybridized carbons (Fsp3) is 0.100. The van der Waals surface area contributed by atoms with Crippen LogP contribution in [0.15, 0.2) is 24.5 Å². The van der Waals surface area contributed by atoms with Crippen LogP contribution in [0.3, 0.4) is 0 Å². The molecule has 6 heteroatoms. The summed E-state index contributed by atoms with van der Waals surface area (Å²) in [5.41, 5.74) is 0.613. The Kier molecular flexibility index (Phi) is 2.96. The Morgan fingerprint density at radius 2 is 2.19 bits per heavy atom. The molecule has 16 heavy (non-hydrogen) atoms. The van der Waals surface area contributed by atoms with Crippen molar-refractivity contribution in [2.75, 3.05) is 12.4 Å². The first-order chi connectivity index (χ1) is 7.72. The molecule has 1 aromatic heterocycles. The highest BCUT2D eigenvalue weighted by molar-refractivity contribution is 6.30. The van der Waals surface area contributed by atoms with Gasteiger partial charge in [-0.05, 0) is 18.2 Å². The van der Waals surface area contributed by atoms with Crippen LogP contribution in [-0.4, -0.2) is 22.2 Å². The van der Waals surface area contributed by atoms with E-state index in [1.807, 2.05) is 0 Å². The van der Waals surface area contributed by atoms with Crippen molar-refractivity contribution in [3.8, 4) is 11.3 Å². The maximum absolute atomic E-state index is 13.6. The van der Waals surface area contributed by atoms with Crippen LogP contribution in [0, 0.1) is 5.82 Å². The maximum Gasteiger partial charge on any atom is 0.156 e. The number of benzene rings is 1. The zero-order valence-corrected chi connectivity index (χ0v) is 9.16. The van der Waals surface area contributed by atoms with Gasteiger partial charge in [0.15, 0.2) is 5.82 Å². The molecule has 0 aliphatic carbocycles. The van der Waals surface area contributed by atoms with Gasteiger partial charge in [-0.1, -0.05) is 11.6 Å². The fourth-order valence-electron chi connectivity index (χ4n) is 1.32. The Morgan fingerprint density at radius 1 is 1.38 bits per heavy atom. The first-order valence-electron chi connectivity index (χ1n) is 4.53. The molecule has 0 fully saturated rings. The van der Waals surface area contributed by atoms with E-state index in [0.29, 0.717) is 16.5 Å². The molecule has 1 aromatic carbocycles. The van der Waals surface area contributed by atoms with Gasteiger partial charge in [0.05, 0.1) is 0 Å². The molecule has 0 bridgehead atoms. The highest BCUT2D eigenvalue weighted by Crippen LogP contribution is 2.27. The van der Waals surface area contributed by atoms with E-state index >= 15 is 0 Å². The van der Waals surface area contributed by atoms with Crippen LogP contribution in [0.1, 0.15) is 0 Å². The first kappa shape index (κ1) is 10.8. The molecule has 1 heterocycles. The topological polar surface area (TPSA) is 50.7 Å². The third-order valence-corrected chi connectivity index (χ3v) is 2.28. The zero-order valence-electron chi connectivity index (χ0n) is 8.41. The largest absolute Gasteiger partial charge is 0.371 e. The second kappa shape index (κ2) is 4.40. The van der Waals surface area contributed by atoms with Crippen LogP contribution < -0.4 is 5.32 Å². The molecular formula is C10H8ClFN4. The molecule has 0 saturated carbocycles. The Bertz CT molecular complexity index is 518. The number of aromatic nitrogens is 3. The molecule has 2 aromatic rings. The van der Waals surface area contributed by atoms with Gasteiger partial charge in [0, 0.05) is 17.6 Å². The summed E-state index contributed by atoms with van der Waals surface area (Å²) in [7, 11) is 1.68. The minimum atomic E-state index is -0.414. The number of halogens is 2. The molecule has 82 valence electrons. The Hall–Kier alpha value is -1.75. The van der Waals surface area contributed by atoms with Crippen molar-refractivity contribution >= 4 is 17.4 Å². The van der Waals surface area contributed by atoms with Crippen molar-refractivity contribution in [3.63, 3.8) is 0 Å². The molecule has 2 rings (SSSR count). The van der Waals surface area contributed by atoms with Crippen LogP contribution in [0.4, 0.5) is 10.2 Å². The van der Waals surface area contributed by atoms with Gasteiger partial charge < -0.3 is 5.32 Å². The average Bonchev–Trinajstić information content (AvgIpc) is 2.32. The summed E-state index contributed by atoms with van der Waals surface area (Å²) in [5.74, 6) is 0.0411. The molecule has 0 amide bonds. The number of hydrogen-bond acceptors (Lipinski definition) is 4. The monoisotopic (exact) mass is 238 g/mol. The second-order valence-electron chi connectivity index (χ2n) is 3.03. The smallest absolute Gasteiger partial charge is 0.156 e. The van der Waals surface area contributed by atoms with Gasteiger partial charge >= 0.3 is 0 Å². The zero-order chi connectivity index (χ0) is 11.5. The summed E-state index contributed by atoms with van der Waals surface area (Å²) in [5, 5.41) is 10.7. The van der Waals surface area contributed by atoms with E-state index in [2.05, 4.69) is 20.5 Å². The van der Waals surface area contributed by atoms with E-state index in [4.69, 9.17) is 11.6 Å². The summed E-state index contributed by atoms with van der Waals surface area (Å²) in [6, 6.07) is 4.25. The quantitative estimate of drug-likeness (QED) is 0.873. The van der Waals surface area contributed by atoms with Crippen molar-refractivity contribution in [1.29, 1.82) is 0 Å². The van der Waals surface area contributed by atoms with E-state index in [1.165, 1.54) is 24.5 Å². The van der Waals surface area contributed by atoms with Gasteiger partial charge in [0.1, 0.15) is 17.8 Å². The van der Waals surface area contributed by atoms with Gasteiger partial charge in [-0.2, -0.15) is 0 Å². The molecule has 1 N–H and O–H groups in total. The predicted octanol–water partition coefficient (Wildman–Crippen LogP) is 2.37. The lowest BCUT2D eigenvalue weighted by molar-refractivity contribution is 0.630. The Balaban J connectivity index is 2.62. The SMILES string of the molecule is CNc1ncnnc1-c1cc(Cl)ccc1F. The number of anilines is 1. The molecule has 0 saturated heterocycles. The van der Waals surface area contributed by atoms with Gasteiger partial charge in [-0.3, -0.25) is 0 Å². The van der Waals surface area contributed by atoms with Gasteiger partial charge in [0.25, 0.3) is 0 Å². The van der Waals surface area contributed by atoms with Crippen LogP contribution >= 0.6 is 11.6 Å². The molecule has 0 radical (unpaired) electrons. The molecule has 0 aliphatic rings. The standard InChI is InChI=1S/C10H8ClFN4/c1-13-10-9(16-15-5-14-10)7-4-6(11)2-3-8(7)12/h2-5H,1H3,(H,13,14,15). The lowest BCUT2D eigenvalue weighted by atomic mass is 10.1. The molecule has 4 nitrogen and oxygen atoms in total. The molecule has 0 atom stereocenters. The lowest BCUT2D eigenvalue weighted by Gasteiger charge is -2.06. The van der Waals surface area contributed by atoms with Crippen molar-refractivity contribution < 1.29 is 4.39 Å². The van der Waals surface area contributed by atoms with Gasteiger partial charge in [0.2, 0.25) is 0 Å². The van der Waals surface area contributed by atoms with Crippen molar-refractivity contribution in [3.05, 3.63) is 35.4 Å². The third-order valence-electron chi connectivity index (χ3n) is 2.04. The normalized spacial score (nSPS) is 10.2. The van der Waals surface area contributed by atoms with Crippen LogP contribution in [-0.2, 0) is 0 Å². The number of nitrogens with zero attached hydrogens (tertiary/aromatic N) is 3. The highest BCUT2D eigenvalue weighted by Gasteiger charge is 2.12.